The highest BCUT2D eigenvalue weighted by Crippen LogP contribution is 2.31. The molecule has 104 valence electrons. The average Bonchev–Trinajstić information content (AvgIpc) is 2.47. The van der Waals surface area contributed by atoms with E-state index in [1.165, 1.54) is 7.11 Å². The van der Waals surface area contributed by atoms with E-state index in [4.69, 9.17) is 9.84 Å². The summed E-state index contributed by atoms with van der Waals surface area (Å²) in [7, 11) is 1.46. The molecule has 0 bridgehead atoms. The number of methoxy groups -OCH3 is 1. The normalized spacial score (nSPS) is 23.1. The summed E-state index contributed by atoms with van der Waals surface area (Å²) in [6.45, 7) is -0.0110. The SMILES string of the molecule is COC(=O)C1CCC(Cc2cccc(CO)n2)CC1. The van der Waals surface area contributed by atoms with Crippen molar-refractivity contribution in [2.75, 3.05) is 7.11 Å². The summed E-state index contributed by atoms with van der Waals surface area (Å²) in [5.41, 5.74) is 1.76. The fourth-order valence-electron chi connectivity index (χ4n) is 2.80. The quantitative estimate of drug-likeness (QED) is 0.845. The third-order valence-electron chi connectivity index (χ3n) is 3.91. The van der Waals surface area contributed by atoms with Crippen LogP contribution >= 0.6 is 0 Å². The third-order valence-corrected chi connectivity index (χ3v) is 3.91. The van der Waals surface area contributed by atoms with Crippen molar-refractivity contribution in [3.63, 3.8) is 0 Å². The van der Waals surface area contributed by atoms with Crippen LogP contribution in [-0.2, 0) is 22.6 Å². The highest BCUT2D eigenvalue weighted by molar-refractivity contribution is 5.72. The van der Waals surface area contributed by atoms with Crippen LogP contribution in [0.4, 0.5) is 0 Å². The smallest absolute Gasteiger partial charge is 0.308 e. The van der Waals surface area contributed by atoms with Gasteiger partial charge < -0.3 is 9.84 Å². The van der Waals surface area contributed by atoms with Crippen molar-refractivity contribution in [1.82, 2.24) is 4.98 Å². The molecule has 0 aromatic carbocycles. The summed E-state index contributed by atoms with van der Waals surface area (Å²) >= 11 is 0. The Morgan fingerprint density at radius 2 is 2.00 bits per heavy atom. The van der Waals surface area contributed by atoms with E-state index in [0.29, 0.717) is 5.92 Å². The van der Waals surface area contributed by atoms with Crippen molar-refractivity contribution in [1.29, 1.82) is 0 Å². The van der Waals surface area contributed by atoms with Gasteiger partial charge in [-0.1, -0.05) is 6.07 Å². The second-order valence-corrected chi connectivity index (χ2v) is 5.22. The minimum Gasteiger partial charge on any atom is -0.469 e. The molecule has 1 aromatic rings. The fraction of sp³-hybridized carbons (Fsp3) is 0.600. The lowest BCUT2D eigenvalue weighted by Crippen LogP contribution is -2.23. The molecule has 1 saturated carbocycles. The van der Waals surface area contributed by atoms with Crippen molar-refractivity contribution in [2.24, 2.45) is 11.8 Å². The molecule has 1 aliphatic rings. The summed E-state index contributed by atoms with van der Waals surface area (Å²) in [6, 6.07) is 5.77. The molecule has 1 aromatic heterocycles. The maximum absolute atomic E-state index is 11.5. The Kier molecular flexibility index (Phi) is 4.91. The van der Waals surface area contributed by atoms with Crippen LogP contribution in [0.5, 0.6) is 0 Å². The number of rotatable bonds is 4. The summed E-state index contributed by atoms with van der Waals surface area (Å²) in [4.78, 5) is 15.9. The Balaban J connectivity index is 1.86. The van der Waals surface area contributed by atoms with Gasteiger partial charge in [-0.05, 0) is 50.2 Å². The van der Waals surface area contributed by atoms with Crippen LogP contribution in [0.1, 0.15) is 37.1 Å². The summed E-state index contributed by atoms with van der Waals surface area (Å²) in [5, 5.41) is 9.08. The number of nitrogens with zero attached hydrogens (tertiary/aromatic N) is 1. The molecule has 0 saturated heterocycles. The van der Waals surface area contributed by atoms with Crippen LogP contribution in [0.2, 0.25) is 0 Å². The molecule has 2 rings (SSSR count). The Morgan fingerprint density at radius 1 is 1.32 bits per heavy atom. The Hall–Kier alpha value is -1.42. The van der Waals surface area contributed by atoms with Gasteiger partial charge in [-0.25, -0.2) is 0 Å². The van der Waals surface area contributed by atoms with Gasteiger partial charge in [0.1, 0.15) is 0 Å². The van der Waals surface area contributed by atoms with E-state index < -0.39 is 0 Å². The van der Waals surface area contributed by atoms with Crippen LogP contribution < -0.4 is 0 Å². The molecule has 19 heavy (non-hydrogen) atoms. The monoisotopic (exact) mass is 263 g/mol. The molecule has 0 unspecified atom stereocenters. The first-order valence-corrected chi connectivity index (χ1v) is 6.86. The van der Waals surface area contributed by atoms with E-state index in [9.17, 15) is 4.79 Å². The van der Waals surface area contributed by atoms with Gasteiger partial charge in [-0.3, -0.25) is 9.78 Å². The van der Waals surface area contributed by atoms with E-state index in [1.54, 1.807) is 0 Å². The van der Waals surface area contributed by atoms with Crippen LogP contribution in [-0.4, -0.2) is 23.2 Å². The predicted molar refractivity (Wildman–Crippen MR) is 71.3 cm³/mol. The van der Waals surface area contributed by atoms with Crippen molar-refractivity contribution in [3.8, 4) is 0 Å². The summed E-state index contributed by atoms with van der Waals surface area (Å²) in [6.07, 6.45) is 4.85. The molecule has 4 heteroatoms. The molecule has 1 fully saturated rings. The maximum Gasteiger partial charge on any atom is 0.308 e. The standard InChI is InChI=1S/C15H21NO3/c1-19-15(18)12-7-5-11(6-8-12)9-13-3-2-4-14(10-17)16-13/h2-4,11-12,17H,5-10H2,1H3. The van der Waals surface area contributed by atoms with E-state index in [0.717, 1.165) is 43.5 Å². The predicted octanol–water partition coefficient (Wildman–Crippen LogP) is 2.10. The van der Waals surface area contributed by atoms with Crippen molar-refractivity contribution in [2.45, 2.75) is 38.7 Å². The second kappa shape index (κ2) is 6.66. The number of aromatic nitrogens is 1. The zero-order valence-electron chi connectivity index (χ0n) is 11.3. The molecular formula is C15H21NO3. The molecule has 1 N–H and O–H groups in total. The second-order valence-electron chi connectivity index (χ2n) is 5.22. The van der Waals surface area contributed by atoms with E-state index >= 15 is 0 Å². The van der Waals surface area contributed by atoms with Gasteiger partial charge in [0.15, 0.2) is 0 Å². The van der Waals surface area contributed by atoms with Gasteiger partial charge in [0, 0.05) is 5.69 Å². The number of esters is 1. The first kappa shape index (κ1) is 14.0. The van der Waals surface area contributed by atoms with E-state index in [2.05, 4.69) is 4.98 Å². The minimum atomic E-state index is -0.0705. The van der Waals surface area contributed by atoms with Crippen molar-refractivity contribution in [3.05, 3.63) is 29.6 Å². The Morgan fingerprint density at radius 3 is 2.63 bits per heavy atom. The molecule has 1 aliphatic carbocycles. The van der Waals surface area contributed by atoms with Crippen LogP contribution in [0.15, 0.2) is 18.2 Å². The van der Waals surface area contributed by atoms with Crippen LogP contribution in [0.25, 0.3) is 0 Å². The largest absolute Gasteiger partial charge is 0.469 e. The van der Waals surface area contributed by atoms with Gasteiger partial charge in [0.05, 0.1) is 25.3 Å². The van der Waals surface area contributed by atoms with E-state index in [-0.39, 0.29) is 18.5 Å². The zero-order valence-corrected chi connectivity index (χ0v) is 11.3. The fourth-order valence-corrected chi connectivity index (χ4v) is 2.80. The Labute approximate surface area is 113 Å². The zero-order chi connectivity index (χ0) is 13.7. The number of aliphatic hydroxyl groups is 1. The number of carbonyl (C=O) groups excluding carboxylic acids is 1. The van der Waals surface area contributed by atoms with Crippen molar-refractivity contribution < 1.29 is 14.6 Å². The number of aliphatic hydroxyl groups excluding tert-OH is 1. The molecule has 0 aliphatic heterocycles. The molecule has 0 amide bonds. The number of pyridine rings is 1. The summed E-state index contributed by atoms with van der Waals surface area (Å²) in [5.74, 6) is 0.596. The van der Waals surface area contributed by atoms with Gasteiger partial charge in [0.25, 0.3) is 0 Å². The molecule has 1 heterocycles. The first-order valence-electron chi connectivity index (χ1n) is 6.86. The highest BCUT2D eigenvalue weighted by Gasteiger charge is 2.27. The maximum atomic E-state index is 11.5. The van der Waals surface area contributed by atoms with Crippen LogP contribution in [0, 0.1) is 11.8 Å². The lowest BCUT2D eigenvalue weighted by molar-refractivity contribution is -0.146. The number of carbonyl (C=O) groups is 1. The number of hydrogen-bond donors (Lipinski definition) is 1. The van der Waals surface area contributed by atoms with Gasteiger partial charge in [-0.15, -0.1) is 0 Å². The minimum absolute atomic E-state index is 0.0110. The lowest BCUT2D eigenvalue weighted by Gasteiger charge is -2.26. The molecule has 4 nitrogen and oxygen atoms in total. The Bertz CT molecular complexity index is 425. The number of hydrogen-bond acceptors (Lipinski definition) is 4. The molecule has 0 radical (unpaired) electrons. The topological polar surface area (TPSA) is 59.4 Å². The third kappa shape index (κ3) is 3.77. The number of ether oxygens (including phenoxy) is 1. The molecule has 0 spiro atoms. The van der Waals surface area contributed by atoms with Gasteiger partial charge in [-0.2, -0.15) is 0 Å². The first-order chi connectivity index (χ1) is 9.22. The van der Waals surface area contributed by atoms with Crippen molar-refractivity contribution >= 4 is 5.97 Å². The average molecular weight is 263 g/mol. The summed E-state index contributed by atoms with van der Waals surface area (Å²) < 4.78 is 4.79. The molecule has 0 atom stereocenters. The lowest BCUT2D eigenvalue weighted by atomic mass is 9.80. The van der Waals surface area contributed by atoms with Crippen LogP contribution in [0.3, 0.4) is 0 Å². The highest BCUT2D eigenvalue weighted by atomic mass is 16.5. The van der Waals surface area contributed by atoms with Gasteiger partial charge in [0.2, 0.25) is 0 Å². The van der Waals surface area contributed by atoms with Gasteiger partial charge >= 0.3 is 5.97 Å². The molecular weight excluding hydrogens is 242 g/mol. The van der Waals surface area contributed by atoms with E-state index in [1.807, 2.05) is 18.2 Å².